The summed E-state index contributed by atoms with van der Waals surface area (Å²) in [5.41, 5.74) is 2.85. The molecule has 0 amide bonds. The molecule has 0 spiro atoms. The average Bonchev–Trinajstić information content (AvgIpc) is 2.65. The van der Waals surface area contributed by atoms with Gasteiger partial charge in [-0.05, 0) is 46.7 Å². The highest BCUT2D eigenvalue weighted by Gasteiger charge is 2.17. The number of hydrogen-bond acceptors (Lipinski definition) is 3. The quantitative estimate of drug-likeness (QED) is 0.771. The van der Waals surface area contributed by atoms with Crippen molar-refractivity contribution in [3.63, 3.8) is 0 Å². The zero-order valence-corrected chi connectivity index (χ0v) is 12.0. The van der Waals surface area contributed by atoms with E-state index < -0.39 is 0 Å². The summed E-state index contributed by atoms with van der Waals surface area (Å²) in [6.45, 7) is 6.39. The van der Waals surface area contributed by atoms with E-state index in [2.05, 4.69) is 35.8 Å². The third kappa shape index (κ3) is 3.33. The molecule has 0 saturated carbocycles. The van der Waals surface area contributed by atoms with Crippen LogP contribution in [0.2, 0.25) is 0 Å². The van der Waals surface area contributed by atoms with Crippen LogP contribution in [0, 0.1) is 6.92 Å². The van der Waals surface area contributed by atoms with Gasteiger partial charge in [0.15, 0.2) is 0 Å². The van der Waals surface area contributed by atoms with Crippen LogP contribution < -0.4 is 5.32 Å². The molecule has 0 aromatic carbocycles. The van der Waals surface area contributed by atoms with E-state index in [-0.39, 0.29) is 0 Å². The monoisotopic (exact) mass is 250 g/mol. The fourth-order valence-corrected chi connectivity index (χ4v) is 2.65. The fourth-order valence-electron chi connectivity index (χ4n) is 2.65. The molecule has 0 saturated heterocycles. The van der Waals surface area contributed by atoms with Gasteiger partial charge in [0.25, 0.3) is 0 Å². The molecule has 4 nitrogen and oxygen atoms in total. The van der Waals surface area contributed by atoms with Gasteiger partial charge < -0.3 is 14.8 Å². The Hall–Kier alpha value is -0.870. The van der Waals surface area contributed by atoms with Crippen LogP contribution in [0.1, 0.15) is 30.1 Å². The number of likely N-dealkylation sites (N-methyl/N-ethyl adjacent to an activating group) is 1. The fraction of sp³-hybridized carbons (Fsp3) is 0.786. The topological polar surface area (TPSA) is 33.1 Å². The lowest BCUT2D eigenvalue weighted by atomic mass is 10.0. The van der Waals surface area contributed by atoms with Gasteiger partial charge in [-0.15, -0.1) is 0 Å². The molecule has 102 valence electrons. The lowest BCUT2D eigenvalue weighted by Gasteiger charge is -2.15. The normalized spacial score (nSPS) is 15.1. The van der Waals surface area contributed by atoms with Crippen molar-refractivity contribution in [3.05, 3.63) is 17.2 Å². The number of fused-ring (bicyclic) bond motifs is 1. The molecule has 1 aromatic rings. The van der Waals surface area contributed by atoms with Crippen molar-refractivity contribution in [3.8, 4) is 0 Å². The molecular weight excluding hydrogens is 224 g/mol. The Morgan fingerprint density at radius 2 is 2.00 bits per heavy atom. The maximum Gasteiger partial charge on any atom is 0.106 e. The number of rotatable bonds is 6. The molecule has 1 aliphatic carbocycles. The molecule has 1 heterocycles. The van der Waals surface area contributed by atoms with E-state index >= 15 is 0 Å². The van der Waals surface area contributed by atoms with Crippen molar-refractivity contribution >= 4 is 0 Å². The summed E-state index contributed by atoms with van der Waals surface area (Å²) in [5, 5.41) is 3.50. The molecular formula is C14H26N4. The molecule has 1 aliphatic rings. The number of aromatic nitrogens is 2. The second-order valence-electron chi connectivity index (χ2n) is 5.46. The van der Waals surface area contributed by atoms with Crippen LogP contribution in [0.3, 0.4) is 0 Å². The van der Waals surface area contributed by atoms with Crippen LogP contribution in [0.15, 0.2) is 0 Å². The van der Waals surface area contributed by atoms with Gasteiger partial charge >= 0.3 is 0 Å². The minimum atomic E-state index is 1.04. The Bertz CT molecular complexity index is 381. The van der Waals surface area contributed by atoms with Gasteiger partial charge in [0.1, 0.15) is 5.82 Å². The van der Waals surface area contributed by atoms with Gasteiger partial charge in [-0.3, -0.25) is 0 Å². The second kappa shape index (κ2) is 6.34. The predicted molar refractivity (Wildman–Crippen MR) is 75.0 cm³/mol. The largest absolute Gasteiger partial charge is 0.331 e. The third-order valence-corrected chi connectivity index (χ3v) is 3.67. The van der Waals surface area contributed by atoms with Crippen molar-refractivity contribution in [2.24, 2.45) is 0 Å². The summed E-state index contributed by atoms with van der Waals surface area (Å²) in [6, 6.07) is 0. The first kappa shape index (κ1) is 13.6. The molecule has 4 heteroatoms. The van der Waals surface area contributed by atoms with Crippen LogP contribution in [0.25, 0.3) is 0 Å². The number of nitrogens with one attached hydrogen (secondary N) is 1. The van der Waals surface area contributed by atoms with E-state index in [0.717, 1.165) is 26.2 Å². The highest BCUT2D eigenvalue weighted by molar-refractivity contribution is 5.19. The SMILES string of the molecule is Cc1nc2c(n1CCNCCN(C)C)CCCC2. The number of nitrogens with zero attached hydrogens (tertiary/aromatic N) is 3. The summed E-state index contributed by atoms with van der Waals surface area (Å²) in [4.78, 5) is 6.91. The Kier molecular flexibility index (Phi) is 4.78. The lowest BCUT2D eigenvalue weighted by Crippen LogP contribution is -2.29. The van der Waals surface area contributed by atoms with Crippen molar-refractivity contribution in [1.82, 2.24) is 19.8 Å². The van der Waals surface area contributed by atoms with Crippen molar-refractivity contribution in [2.45, 2.75) is 39.2 Å². The van der Waals surface area contributed by atoms with E-state index in [0.29, 0.717) is 0 Å². The van der Waals surface area contributed by atoms with E-state index in [9.17, 15) is 0 Å². The van der Waals surface area contributed by atoms with Crippen molar-refractivity contribution in [1.29, 1.82) is 0 Å². The summed E-state index contributed by atoms with van der Waals surface area (Å²) < 4.78 is 2.41. The molecule has 0 aliphatic heterocycles. The average molecular weight is 250 g/mol. The second-order valence-corrected chi connectivity index (χ2v) is 5.46. The van der Waals surface area contributed by atoms with E-state index in [1.54, 1.807) is 0 Å². The van der Waals surface area contributed by atoms with Gasteiger partial charge in [0.05, 0.1) is 5.69 Å². The molecule has 1 N–H and O–H groups in total. The van der Waals surface area contributed by atoms with Crippen LogP contribution in [0.4, 0.5) is 0 Å². The van der Waals surface area contributed by atoms with E-state index in [1.807, 2.05) is 0 Å². The smallest absolute Gasteiger partial charge is 0.106 e. The molecule has 0 fully saturated rings. The van der Waals surface area contributed by atoms with Gasteiger partial charge in [-0.25, -0.2) is 4.98 Å². The zero-order chi connectivity index (χ0) is 13.0. The Balaban J connectivity index is 1.84. The summed E-state index contributed by atoms with van der Waals surface area (Å²) in [5.74, 6) is 1.19. The van der Waals surface area contributed by atoms with Gasteiger partial charge in [0, 0.05) is 31.9 Å². The number of hydrogen-bond donors (Lipinski definition) is 1. The Morgan fingerprint density at radius 3 is 2.78 bits per heavy atom. The predicted octanol–water partition coefficient (Wildman–Crippen LogP) is 1.22. The minimum Gasteiger partial charge on any atom is -0.331 e. The van der Waals surface area contributed by atoms with Gasteiger partial charge in [-0.1, -0.05) is 0 Å². The molecule has 0 bridgehead atoms. The Labute approximate surface area is 110 Å². The van der Waals surface area contributed by atoms with Crippen LogP contribution in [-0.2, 0) is 19.4 Å². The maximum atomic E-state index is 4.71. The van der Waals surface area contributed by atoms with Crippen molar-refractivity contribution < 1.29 is 0 Å². The highest BCUT2D eigenvalue weighted by Crippen LogP contribution is 2.21. The van der Waals surface area contributed by atoms with Gasteiger partial charge in [-0.2, -0.15) is 0 Å². The highest BCUT2D eigenvalue weighted by atomic mass is 15.1. The first-order valence-corrected chi connectivity index (χ1v) is 7.09. The zero-order valence-electron chi connectivity index (χ0n) is 12.0. The van der Waals surface area contributed by atoms with Crippen LogP contribution in [-0.4, -0.2) is 48.2 Å². The summed E-state index contributed by atoms with van der Waals surface area (Å²) >= 11 is 0. The summed E-state index contributed by atoms with van der Waals surface area (Å²) in [7, 11) is 4.22. The molecule has 2 rings (SSSR count). The summed E-state index contributed by atoms with van der Waals surface area (Å²) in [6.07, 6.45) is 5.03. The molecule has 0 unspecified atom stereocenters. The van der Waals surface area contributed by atoms with E-state index in [1.165, 1.54) is 42.9 Å². The molecule has 0 atom stereocenters. The minimum absolute atomic E-state index is 1.04. The van der Waals surface area contributed by atoms with Gasteiger partial charge in [0.2, 0.25) is 0 Å². The van der Waals surface area contributed by atoms with E-state index in [4.69, 9.17) is 4.98 Å². The number of imidazole rings is 1. The Morgan fingerprint density at radius 1 is 1.22 bits per heavy atom. The van der Waals surface area contributed by atoms with Crippen molar-refractivity contribution in [2.75, 3.05) is 33.7 Å². The molecule has 18 heavy (non-hydrogen) atoms. The first-order chi connectivity index (χ1) is 8.68. The standard InChI is InChI=1S/C14H26N4/c1-12-16-13-6-4-5-7-14(13)18(12)11-9-15-8-10-17(2)3/h15H,4-11H2,1-3H3. The van der Waals surface area contributed by atoms with Crippen LogP contribution >= 0.6 is 0 Å². The van der Waals surface area contributed by atoms with Crippen LogP contribution in [0.5, 0.6) is 0 Å². The first-order valence-electron chi connectivity index (χ1n) is 7.09. The maximum absolute atomic E-state index is 4.71. The molecule has 1 aromatic heterocycles. The third-order valence-electron chi connectivity index (χ3n) is 3.67. The lowest BCUT2D eigenvalue weighted by molar-refractivity contribution is 0.397. The molecule has 0 radical (unpaired) electrons. The number of aryl methyl sites for hydroxylation is 2.